The summed E-state index contributed by atoms with van der Waals surface area (Å²) in [6, 6.07) is 4.07. The third-order valence-corrected chi connectivity index (χ3v) is 5.23. The van der Waals surface area contributed by atoms with Crippen molar-refractivity contribution >= 4 is 5.82 Å². The highest BCUT2D eigenvalue weighted by atomic mass is 19.4. The van der Waals surface area contributed by atoms with Crippen molar-refractivity contribution in [3.63, 3.8) is 0 Å². The molecule has 0 bridgehead atoms. The van der Waals surface area contributed by atoms with Gasteiger partial charge in [-0.25, -0.2) is 9.67 Å². The van der Waals surface area contributed by atoms with Crippen molar-refractivity contribution in [3.05, 3.63) is 58.9 Å². The van der Waals surface area contributed by atoms with Gasteiger partial charge in [0.15, 0.2) is 0 Å². The van der Waals surface area contributed by atoms with Crippen molar-refractivity contribution in [1.29, 1.82) is 0 Å². The lowest BCUT2D eigenvalue weighted by atomic mass is 10.0. The maximum Gasteiger partial charge on any atom is 0.417 e. The normalized spacial score (nSPS) is 15.2. The molecule has 1 saturated carbocycles. The average molecular weight is 417 g/mol. The Morgan fingerprint density at radius 1 is 1.20 bits per heavy atom. The molecule has 1 aliphatic rings. The topological polar surface area (TPSA) is 64.7 Å². The highest BCUT2D eigenvalue weighted by molar-refractivity contribution is 5.68. The fraction of sp³-hybridized carbons (Fsp3) is 0.381. The van der Waals surface area contributed by atoms with Gasteiger partial charge in [-0.3, -0.25) is 4.79 Å². The Morgan fingerprint density at radius 2 is 1.97 bits per heavy atom. The molecule has 3 aromatic rings. The second-order valence-corrected chi connectivity index (χ2v) is 7.89. The van der Waals surface area contributed by atoms with Gasteiger partial charge in [0.05, 0.1) is 17.4 Å². The second kappa shape index (κ2) is 7.30. The molecule has 0 unspecified atom stereocenters. The Balaban J connectivity index is 1.70. The summed E-state index contributed by atoms with van der Waals surface area (Å²) in [6.45, 7) is 4.47. The Morgan fingerprint density at radius 3 is 2.63 bits per heavy atom. The van der Waals surface area contributed by atoms with Crippen LogP contribution >= 0.6 is 0 Å². The van der Waals surface area contributed by atoms with E-state index in [0.717, 1.165) is 25.3 Å². The molecular formula is C21H22F3N5O. The number of nitrogens with one attached hydrogen (secondary N) is 1. The van der Waals surface area contributed by atoms with E-state index in [9.17, 15) is 18.0 Å². The molecule has 3 heterocycles. The smallest absolute Gasteiger partial charge is 0.365 e. The number of nitrogens with zero attached hydrogens (tertiary/aromatic N) is 4. The van der Waals surface area contributed by atoms with Crippen LogP contribution in [0, 0.1) is 0 Å². The molecule has 158 valence electrons. The zero-order chi connectivity index (χ0) is 21.5. The van der Waals surface area contributed by atoms with Gasteiger partial charge < -0.3 is 9.88 Å². The molecule has 0 amide bonds. The maximum absolute atomic E-state index is 13.8. The lowest BCUT2D eigenvalue weighted by Gasteiger charge is -2.16. The number of anilines is 1. The van der Waals surface area contributed by atoms with Gasteiger partial charge >= 0.3 is 6.18 Å². The van der Waals surface area contributed by atoms with Gasteiger partial charge in [0.1, 0.15) is 5.82 Å². The molecule has 30 heavy (non-hydrogen) atoms. The van der Waals surface area contributed by atoms with E-state index in [1.54, 1.807) is 16.8 Å². The van der Waals surface area contributed by atoms with Crippen LogP contribution in [0.25, 0.3) is 16.8 Å². The number of rotatable bonds is 6. The highest BCUT2D eigenvalue weighted by Gasteiger charge is 2.39. The van der Waals surface area contributed by atoms with E-state index in [1.165, 1.54) is 29.3 Å². The molecule has 6 nitrogen and oxygen atoms in total. The average Bonchev–Trinajstić information content (AvgIpc) is 3.21. The first-order valence-electron chi connectivity index (χ1n) is 9.80. The quantitative estimate of drug-likeness (QED) is 0.642. The van der Waals surface area contributed by atoms with Gasteiger partial charge in [-0.2, -0.15) is 18.3 Å². The molecule has 0 radical (unpaired) electrons. The Hall–Kier alpha value is -3.10. The van der Waals surface area contributed by atoms with Gasteiger partial charge in [-0.05, 0) is 38.3 Å². The Labute approximate surface area is 171 Å². The van der Waals surface area contributed by atoms with Crippen molar-refractivity contribution in [2.75, 3.05) is 5.32 Å². The van der Waals surface area contributed by atoms with Crippen molar-refractivity contribution in [3.8, 4) is 16.8 Å². The summed E-state index contributed by atoms with van der Waals surface area (Å²) in [6.07, 6.45) is 3.83. The summed E-state index contributed by atoms with van der Waals surface area (Å²) >= 11 is 0. The van der Waals surface area contributed by atoms with Gasteiger partial charge in [0.2, 0.25) is 0 Å². The summed E-state index contributed by atoms with van der Waals surface area (Å²) in [7, 11) is 0. The number of aromatic nitrogens is 4. The Bertz CT molecular complexity index is 1130. The SMILES string of the molecule is CCCn1cc(-n2cc(-c3cnc(NC4(C)CC4)cc3C(F)(F)F)cn2)ccc1=O. The number of hydrogen-bond donors (Lipinski definition) is 1. The van der Waals surface area contributed by atoms with Crippen LogP contribution in [0.15, 0.2) is 47.8 Å². The van der Waals surface area contributed by atoms with Gasteiger partial charge in [-0.1, -0.05) is 6.92 Å². The third-order valence-electron chi connectivity index (χ3n) is 5.23. The summed E-state index contributed by atoms with van der Waals surface area (Å²) in [5, 5.41) is 7.27. The van der Waals surface area contributed by atoms with Crippen LogP contribution in [0.2, 0.25) is 0 Å². The lowest BCUT2D eigenvalue weighted by molar-refractivity contribution is -0.137. The minimum absolute atomic E-state index is 0.0397. The van der Waals surface area contributed by atoms with Crippen LogP contribution in [-0.2, 0) is 12.7 Å². The first-order chi connectivity index (χ1) is 14.2. The van der Waals surface area contributed by atoms with Crippen molar-refractivity contribution in [2.24, 2.45) is 0 Å². The summed E-state index contributed by atoms with van der Waals surface area (Å²) in [5.41, 5.74) is -0.224. The van der Waals surface area contributed by atoms with Crippen molar-refractivity contribution in [1.82, 2.24) is 19.3 Å². The van der Waals surface area contributed by atoms with Gasteiger partial charge in [0.25, 0.3) is 5.56 Å². The van der Waals surface area contributed by atoms with Crippen LogP contribution in [0.5, 0.6) is 0 Å². The number of halogens is 3. The molecular weight excluding hydrogens is 395 g/mol. The largest absolute Gasteiger partial charge is 0.417 e. The summed E-state index contributed by atoms with van der Waals surface area (Å²) in [5.74, 6) is 0.213. The predicted octanol–water partition coefficient (Wildman–Crippen LogP) is 4.49. The van der Waals surface area contributed by atoms with E-state index in [-0.39, 0.29) is 22.5 Å². The summed E-state index contributed by atoms with van der Waals surface area (Å²) in [4.78, 5) is 16.1. The number of pyridine rings is 2. The van der Waals surface area contributed by atoms with E-state index in [2.05, 4.69) is 15.4 Å². The molecule has 0 aliphatic heterocycles. The molecule has 1 aliphatic carbocycles. The van der Waals surface area contributed by atoms with E-state index >= 15 is 0 Å². The fourth-order valence-corrected chi connectivity index (χ4v) is 3.28. The van der Waals surface area contributed by atoms with Crippen LogP contribution in [0.3, 0.4) is 0 Å². The number of hydrogen-bond acceptors (Lipinski definition) is 4. The molecule has 4 rings (SSSR count). The molecule has 9 heteroatoms. The third kappa shape index (κ3) is 4.10. The standard InChI is InChI=1S/C21H22F3N5O/c1-3-8-28-13-15(4-5-19(28)30)29-12-14(10-26-29)16-11-25-18(27-20(2)6-7-20)9-17(16)21(22,23)24/h4-5,9-13H,3,6-8H2,1-2H3,(H,25,27). The fourth-order valence-electron chi connectivity index (χ4n) is 3.28. The monoisotopic (exact) mass is 417 g/mol. The number of alkyl halides is 3. The molecule has 3 aromatic heterocycles. The van der Waals surface area contributed by atoms with Crippen molar-refractivity contribution < 1.29 is 13.2 Å². The maximum atomic E-state index is 13.8. The zero-order valence-electron chi connectivity index (χ0n) is 16.7. The second-order valence-electron chi connectivity index (χ2n) is 7.89. The molecule has 1 fully saturated rings. The number of aryl methyl sites for hydroxylation is 1. The molecule has 0 saturated heterocycles. The minimum Gasteiger partial charge on any atom is -0.365 e. The highest BCUT2D eigenvalue weighted by Crippen LogP contribution is 2.41. The van der Waals surface area contributed by atoms with Crippen molar-refractivity contribution in [2.45, 2.75) is 51.4 Å². The lowest BCUT2D eigenvalue weighted by Crippen LogP contribution is -2.19. The first-order valence-corrected chi connectivity index (χ1v) is 9.80. The zero-order valence-corrected chi connectivity index (χ0v) is 16.7. The van der Waals surface area contributed by atoms with Gasteiger partial charge in [-0.15, -0.1) is 0 Å². The van der Waals surface area contributed by atoms with E-state index in [1.807, 2.05) is 13.8 Å². The minimum atomic E-state index is -4.53. The Kier molecular flexibility index (Phi) is 4.91. The molecule has 0 atom stereocenters. The van der Waals surface area contributed by atoms with Crippen LogP contribution in [0.1, 0.15) is 38.7 Å². The molecule has 1 N–H and O–H groups in total. The van der Waals surface area contributed by atoms with E-state index in [0.29, 0.717) is 17.8 Å². The van der Waals surface area contributed by atoms with Crippen LogP contribution < -0.4 is 10.9 Å². The molecule has 0 aromatic carbocycles. The summed E-state index contributed by atoms with van der Waals surface area (Å²) < 4.78 is 44.3. The molecule has 0 spiro atoms. The van der Waals surface area contributed by atoms with Crippen LogP contribution in [0.4, 0.5) is 19.0 Å². The predicted molar refractivity (Wildman–Crippen MR) is 108 cm³/mol. The van der Waals surface area contributed by atoms with E-state index in [4.69, 9.17) is 0 Å². The van der Waals surface area contributed by atoms with Crippen LogP contribution in [-0.4, -0.2) is 24.9 Å². The van der Waals surface area contributed by atoms with E-state index < -0.39 is 11.7 Å². The van der Waals surface area contributed by atoms with Gasteiger partial charge in [0, 0.05) is 47.9 Å². The first kappa shape index (κ1) is 20.2.